The van der Waals surface area contributed by atoms with Crippen LogP contribution < -0.4 is 4.90 Å². The van der Waals surface area contributed by atoms with E-state index in [1.54, 1.807) is 12.3 Å². The predicted octanol–water partition coefficient (Wildman–Crippen LogP) is 2.62. The van der Waals surface area contributed by atoms with Crippen LogP contribution in [0.1, 0.15) is 26.2 Å². The van der Waals surface area contributed by atoms with Gasteiger partial charge in [0.05, 0.1) is 18.0 Å². The third-order valence-corrected chi connectivity index (χ3v) is 3.03. The number of aromatic nitrogens is 1. The molecular formula is C13H19FN2O. The molecule has 1 saturated heterocycles. The highest BCUT2D eigenvalue weighted by atomic mass is 19.1. The predicted molar refractivity (Wildman–Crippen MR) is 65.7 cm³/mol. The van der Waals surface area contributed by atoms with Crippen LogP contribution >= 0.6 is 0 Å². The van der Waals surface area contributed by atoms with Gasteiger partial charge in [-0.25, -0.2) is 4.39 Å². The van der Waals surface area contributed by atoms with E-state index in [1.165, 1.54) is 6.20 Å². The van der Waals surface area contributed by atoms with Gasteiger partial charge in [0.15, 0.2) is 5.82 Å². The van der Waals surface area contributed by atoms with E-state index >= 15 is 0 Å². The highest BCUT2D eigenvalue weighted by molar-refractivity contribution is 5.46. The average Bonchev–Trinajstić information content (AvgIpc) is 2.37. The van der Waals surface area contributed by atoms with E-state index in [2.05, 4.69) is 16.8 Å². The van der Waals surface area contributed by atoms with Crippen LogP contribution in [0.3, 0.4) is 0 Å². The summed E-state index contributed by atoms with van der Waals surface area (Å²) in [5, 5.41) is 0. The molecule has 3 nitrogen and oxygen atoms in total. The molecule has 2 rings (SSSR count). The SMILES string of the molecule is CCCOC1CCCN(c2ccncc2F)C1. The lowest BCUT2D eigenvalue weighted by Gasteiger charge is -2.34. The summed E-state index contributed by atoms with van der Waals surface area (Å²) in [5.41, 5.74) is 0.643. The average molecular weight is 238 g/mol. The normalized spacial score (nSPS) is 20.6. The molecule has 4 heteroatoms. The largest absolute Gasteiger partial charge is 0.376 e. The van der Waals surface area contributed by atoms with Crippen molar-refractivity contribution in [1.29, 1.82) is 0 Å². The molecule has 1 atom stereocenters. The molecule has 1 aromatic heterocycles. The van der Waals surface area contributed by atoms with Gasteiger partial charge in [0.1, 0.15) is 0 Å². The summed E-state index contributed by atoms with van der Waals surface area (Å²) in [7, 11) is 0. The maximum absolute atomic E-state index is 13.6. The zero-order valence-electron chi connectivity index (χ0n) is 10.2. The molecule has 1 aromatic rings. The van der Waals surface area contributed by atoms with Gasteiger partial charge >= 0.3 is 0 Å². The molecule has 0 radical (unpaired) electrons. The van der Waals surface area contributed by atoms with E-state index in [9.17, 15) is 4.39 Å². The summed E-state index contributed by atoms with van der Waals surface area (Å²) < 4.78 is 19.4. The second-order valence-electron chi connectivity index (χ2n) is 4.41. The third kappa shape index (κ3) is 3.16. The van der Waals surface area contributed by atoms with Gasteiger partial charge in [0.2, 0.25) is 0 Å². The molecule has 0 aliphatic carbocycles. The number of hydrogen-bond acceptors (Lipinski definition) is 3. The molecule has 2 heterocycles. The molecule has 1 unspecified atom stereocenters. The molecule has 1 aliphatic rings. The number of rotatable bonds is 4. The van der Waals surface area contributed by atoms with Crippen molar-refractivity contribution in [1.82, 2.24) is 4.98 Å². The van der Waals surface area contributed by atoms with Crippen LogP contribution in [0.4, 0.5) is 10.1 Å². The summed E-state index contributed by atoms with van der Waals surface area (Å²) in [6.45, 7) is 4.56. The molecule has 0 bridgehead atoms. The van der Waals surface area contributed by atoms with Gasteiger partial charge in [-0.1, -0.05) is 6.92 Å². The number of halogens is 1. The topological polar surface area (TPSA) is 25.4 Å². The Morgan fingerprint density at radius 3 is 3.24 bits per heavy atom. The zero-order chi connectivity index (χ0) is 12.1. The Labute approximate surface area is 102 Å². The van der Waals surface area contributed by atoms with Crippen molar-refractivity contribution in [2.75, 3.05) is 24.6 Å². The van der Waals surface area contributed by atoms with Gasteiger partial charge in [0.25, 0.3) is 0 Å². The maximum atomic E-state index is 13.6. The van der Waals surface area contributed by atoms with Crippen molar-refractivity contribution < 1.29 is 9.13 Å². The molecule has 0 spiro atoms. The molecule has 1 fully saturated rings. The first-order valence-electron chi connectivity index (χ1n) is 6.27. The van der Waals surface area contributed by atoms with E-state index in [-0.39, 0.29) is 11.9 Å². The maximum Gasteiger partial charge on any atom is 0.164 e. The van der Waals surface area contributed by atoms with Gasteiger partial charge in [-0.15, -0.1) is 0 Å². The Kier molecular flexibility index (Phi) is 4.31. The minimum absolute atomic E-state index is 0.233. The van der Waals surface area contributed by atoms with Gasteiger partial charge in [-0.05, 0) is 25.3 Å². The number of nitrogens with zero attached hydrogens (tertiary/aromatic N) is 2. The first-order chi connectivity index (χ1) is 8.31. The fraction of sp³-hybridized carbons (Fsp3) is 0.615. The van der Waals surface area contributed by atoms with Gasteiger partial charge in [-0.3, -0.25) is 4.98 Å². The second kappa shape index (κ2) is 5.96. The standard InChI is InChI=1S/C13H19FN2O/c1-2-8-17-11-4-3-7-16(10-11)13-5-6-15-9-12(13)14/h5-6,9,11H,2-4,7-8,10H2,1H3. The van der Waals surface area contributed by atoms with Crippen molar-refractivity contribution in [2.24, 2.45) is 0 Å². The number of anilines is 1. The van der Waals surface area contributed by atoms with Crippen molar-refractivity contribution in [3.8, 4) is 0 Å². The first-order valence-corrected chi connectivity index (χ1v) is 6.27. The lowest BCUT2D eigenvalue weighted by Crippen LogP contribution is -2.40. The Morgan fingerprint density at radius 1 is 1.59 bits per heavy atom. The number of hydrogen-bond donors (Lipinski definition) is 0. The summed E-state index contributed by atoms with van der Waals surface area (Å²) in [5.74, 6) is -0.247. The van der Waals surface area contributed by atoms with E-state index in [1.807, 2.05) is 0 Å². The van der Waals surface area contributed by atoms with Crippen molar-refractivity contribution in [3.05, 3.63) is 24.3 Å². The molecule has 17 heavy (non-hydrogen) atoms. The number of ether oxygens (including phenoxy) is 1. The molecule has 94 valence electrons. The van der Waals surface area contributed by atoms with Gasteiger partial charge in [-0.2, -0.15) is 0 Å². The molecule has 0 amide bonds. The molecule has 0 saturated carbocycles. The van der Waals surface area contributed by atoms with Crippen molar-refractivity contribution in [3.63, 3.8) is 0 Å². The van der Waals surface area contributed by atoms with Crippen molar-refractivity contribution in [2.45, 2.75) is 32.3 Å². The Bertz CT molecular complexity index is 359. The van der Waals surface area contributed by atoms with Crippen LogP contribution in [0.2, 0.25) is 0 Å². The van der Waals surface area contributed by atoms with Crippen LogP contribution in [0.25, 0.3) is 0 Å². The van der Waals surface area contributed by atoms with E-state index in [0.29, 0.717) is 5.69 Å². The highest BCUT2D eigenvalue weighted by Gasteiger charge is 2.22. The highest BCUT2D eigenvalue weighted by Crippen LogP contribution is 2.23. The number of piperidine rings is 1. The minimum atomic E-state index is -0.247. The fourth-order valence-corrected chi connectivity index (χ4v) is 2.20. The molecule has 1 aliphatic heterocycles. The van der Waals surface area contributed by atoms with Crippen LogP contribution in [0.5, 0.6) is 0 Å². The number of pyridine rings is 1. The second-order valence-corrected chi connectivity index (χ2v) is 4.41. The van der Waals surface area contributed by atoms with E-state index in [0.717, 1.165) is 39.0 Å². The monoisotopic (exact) mass is 238 g/mol. The van der Waals surface area contributed by atoms with Gasteiger partial charge in [0, 0.05) is 25.9 Å². The fourth-order valence-electron chi connectivity index (χ4n) is 2.20. The minimum Gasteiger partial charge on any atom is -0.376 e. The molecule has 0 aromatic carbocycles. The molecular weight excluding hydrogens is 219 g/mol. The Hall–Kier alpha value is -1.16. The third-order valence-electron chi connectivity index (χ3n) is 3.03. The van der Waals surface area contributed by atoms with E-state index < -0.39 is 0 Å². The van der Waals surface area contributed by atoms with Crippen LogP contribution in [-0.2, 0) is 4.74 Å². The summed E-state index contributed by atoms with van der Waals surface area (Å²) in [6, 6.07) is 1.73. The summed E-state index contributed by atoms with van der Waals surface area (Å²) in [4.78, 5) is 5.83. The lowest BCUT2D eigenvalue weighted by molar-refractivity contribution is 0.0439. The summed E-state index contributed by atoms with van der Waals surface area (Å²) in [6.07, 6.45) is 6.29. The van der Waals surface area contributed by atoms with Crippen LogP contribution in [0.15, 0.2) is 18.5 Å². The van der Waals surface area contributed by atoms with Gasteiger partial charge < -0.3 is 9.64 Å². The van der Waals surface area contributed by atoms with Crippen molar-refractivity contribution >= 4 is 5.69 Å². The smallest absolute Gasteiger partial charge is 0.164 e. The first kappa shape index (κ1) is 12.3. The zero-order valence-corrected chi connectivity index (χ0v) is 10.2. The molecule has 0 N–H and O–H groups in total. The van der Waals surface area contributed by atoms with Crippen LogP contribution in [-0.4, -0.2) is 30.8 Å². The Morgan fingerprint density at radius 2 is 2.47 bits per heavy atom. The van der Waals surface area contributed by atoms with Crippen LogP contribution in [0, 0.1) is 5.82 Å². The quantitative estimate of drug-likeness (QED) is 0.806. The lowest BCUT2D eigenvalue weighted by atomic mass is 10.1. The Balaban J connectivity index is 1.99. The van der Waals surface area contributed by atoms with E-state index in [4.69, 9.17) is 4.74 Å². The summed E-state index contributed by atoms with van der Waals surface area (Å²) >= 11 is 0.